The molecule has 0 unspecified atom stereocenters. The van der Waals surface area contributed by atoms with Gasteiger partial charge in [0.25, 0.3) is 0 Å². The van der Waals surface area contributed by atoms with Crippen LogP contribution in [0.25, 0.3) is 28.2 Å². The normalized spacial score (nSPS) is 12.1. The van der Waals surface area contributed by atoms with Crippen LogP contribution in [-0.4, -0.2) is 24.3 Å². The zero-order valence-electron chi connectivity index (χ0n) is 15.5. The Morgan fingerprint density at radius 2 is 1.74 bits per heavy atom. The lowest BCUT2D eigenvalue weighted by molar-refractivity contribution is 0.552. The summed E-state index contributed by atoms with van der Waals surface area (Å²) < 4.78 is 3.70. The molecule has 0 bridgehead atoms. The Kier molecular flexibility index (Phi) is 4.24. The predicted octanol–water partition coefficient (Wildman–Crippen LogP) is 5.43. The number of aryl methyl sites for hydroxylation is 1. The molecule has 27 heavy (non-hydrogen) atoms. The lowest BCUT2D eigenvalue weighted by Gasteiger charge is -2.15. The quantitative estimate of drug-likeness (QED) is 0.451. The molecule has 5 nitrogen and oxygen atoms in total. The van der Waals surface area contributed by atoms with Crippen molar-refractivity contribution in [3.05, 3.63) is 58.5 Å². The highest BCUT2D eigenvalue weighted by molar-refractivity contribution is 6.33. The Labute approximate surface area is 167 Å². The molecule has 4 rings (SSSR count). The van der Waals surface area contributed by atoms with E-state index in [0.29, 0.717) is 15.7 Å². The summed E-state index contributed by atoms with van der Waals surface area (Å²) >= 11 is 13.0. The SMILES string of the molecule is Cn1nc(C(C)(C)C)c(Cl)c1-n1cnc2nc(-c3ccccc3Cl)ccc21. The second-order valence-electron chi connectivity index (χ2n) is 7.49. The number of hydrogen-bond donors (Lipinski definition) is 0. The molecule has 0 saturated heterocycles. The van der Waals surface area contributed by atoms with Crippen molar-refractivity contribution in [2.45, 2.75) is 26.2 Å². The van der Waals surface area contributed by atoms with Crippen LogP contribution in [0, 0.1) is 0 Å². The van der Waals surface area contributed by atoms with Gasteiger partial charge in [-0.2, -0.15) is 5.10 Å². The second-order valence-corrected chi connectivity index (χ2v) is 8.28. The number of aromatic nitrogens is 5. The summed E-state index contributed by atoms with van der Waals surface area (Å²) in [7, 11) is 1.88. The molecule has 0 aliphatic heterocycles. The van der Waals surface area contributed by atoms with Crippen LogP contribution in [0.2, 0.25) is 10.0 Å². The third-order valence-electron chi connectivity index (χ3n) is 4.46. The van der Waals surface area contributed by atoms with E-state index in [4.69, 9.17) is 23.2 Å². The van der Waals surface area contributed by atoms with E-state index in [1.54, 1.807) is 11.0 Å². The van der Waals surface area contributed by atoms with Crippen molar-refractivity contribution in [2.75, 3.05) is 0 Å². The number of imidazole rings is 1. The van der Waals surface area contributed by atoms with Gasteiger partial charge in [-0.3, -0.25) is 9.25 Å². The molecule has 0 radical (unpaired) electrons. The van der Waals surface area contributed by atoms with Crippen LogP contribution in [0.15, 0.2) is 42.7 Å². The van der Waals surface area contributed by atoms with Gasteiger partial charge in [0.05, 0.1) is 16.9 Å². The van der Waals surface area contributed by atoms with Crippen molar-refractivity contribution >= 4 is 34.4 Å². The fourth-order valence-electron chi connectivity index (χ4n) is 3.12. The Morgan fingerprint density at radius 1 is 1.00 bits per heavy atom. The third kappa shape index (κ3) is 3.01. The lowest BCUT2D eigenvalue weighted by atomic mass is 9.92. The van der Waals surface area contributed by atoms with Crippen LogP contribution in [0.3, 0.4) is 0 Å². The Hall–Kier alpha value is -2.37. The van der Waals surface area contributed by atoms with Crippen LogP contribution >= 0.6 is 23.2 Å². The first-order valence-electron chi connectivity index (χ1n) is 8.59. The smallest absolute Gasteiger partial charge is 0.178 e. The van der Waals surface area contributed by atoms with Crippen LogP contribution in [-0.2, 0) is 12.5 Å². The first kappa shape index (κ1) is 18.0. The highest BCUT2D eigenvalue weighted by atomic mass is 35.5. The molecule has 0 N–H and O–H groups in total. The van der Waals surface area contributed by atoms with Crippen molar-refractivity contribution in [3.63, 3.8) is 0 Å². The van der Waals surface area contributed by atoms with E-state index in [1.807, 2.05) is 48.0 Å². The minimum atomic E-state index is -0.154. The summed E-state index contributed by atoms with van der Waals surface area (Å²) in [5.41, 5.74) is 3.84. The van der Waals surface area contributed by atoms with Gasteiger partial charge < -0.3 is 0 Å². The summed E-state index contributed by atoms with van der Waals surface area (Å²) in [6.07, 6.45) is 1.73. The number of nitrogens with zero attached hydrogens (tertiary/aromatic N) is 5. The van der Waals surface area contributed by atoms with Gasteiger partial charge in [0.1, 0.15) is 11.3 Å². The maximum atomic E-state index is 6.68. The van der Waals surface area contributed by atoms with E-state index in [2.05, 4.69) is 35.8 Å². The van der Waals surface area contributed by atoms with Crippen LogP contribution in [0.4, 0.5) is 0 Å². The Balaban J connectivity index is 1.87. The molecule has 3 aromatic heterocycles. The number of hydrogen-bond acceptors (Lipinski definition) is 3. The minimum absolute atomic E-state index is 0.154. The first-order chi connectivity index (χ1) is 12.8. The molecule has 0 atom stereocenters. The summed E-state index contributed by atoms with van der Waals surface area (Å²) in [6.45, 7) is 6.28. The van der Waals surface area contributed by atoms with E-state index >= 15 is 0 Å². The van der Waals surface area contributed by atoms with Gasteiger partial charge in [0.15, 0.2) is 11.5 Å². The molecule has 0 spiro atoms. The number of pyridine rings is 1. The molecular formula is C20H19Cl2N5. The molecule has 4 aromatic rings. The standard InChI is InChI=1S/C20H19Cl2N5/c1-20(2,3)17-16(22)19(26(4)25-17)27-11-23-18-15(27)10-9-14(24-18)12-7-5-6-8-13(12)21/h5-11H,1-4H3. The minimum Gasteiger partial charge on any atom is -0.280 e. The van der Waals surface area contributed by atoms with E-state index in [-0.39, 0.29) is 5.41 Å². The lowest BCUT2D eigenvalue weighted by Crippen LogP contribution is -2.12. The maximum absolute atomic E-state index is 6.68. The van der Waals surface area contributed by atoms with Gasteiger partial charge in [-0.25, -0.2) is 9.97 Å². The predicted molar refractivity (Wildman–Crippen MR) is 110 cm³/mol. The Morgan fingerprint density at radius 3 is 2.41 bits per heavy atom. The summed E-state index contributed by atoms with van der Waals surface area (Å²) in [4.78, 5) is 9.15. The fourth-order valence-corrected chi connectivity index (χ4v) is 3.88. The molecule has 0 aliphatic rings. The maximum Gasteiger partial charge on any atom is 0.178 e. The van der Waals surface area contributed by atoms with E-state index in [9.17, 15) is 0 Å². The molecule has 0 fully saturated rings. The fraction of sp³-hybridized carbons (Fsp3) is 0.250. The summed E-state index contributed by atoms with van der Waals surface area (Å²) in [5.74, 6) is 0.774. The average Bonchev–Trinajstić information content (AvgIpc) is 3.15. The summed E-state index contributed by atoms with van der Waals surface area (Å²) in [5, 5.41) is 5.90. The van der Waals surface area contributed by atoms with Crippen LogP contribution in [0.5, 0.6) is 0 Å². The Bertz CT molecular complexity index is 1150. The summed E-state index contributed by atoms with van der Waals surface area (Å²) in [6, 6.07) is 11.6. The zero-order valence-corrected chi connectivity index (χ0v) is 17.0. The number of fused-ring (bicyclic) bond motifs is 1. The molecular weight excluding hydrogens is 381 g/mol. The molecule has 0 saturated carbocycles. The molecule has 0 aliphatic carbocycles. The van der Waals surface area contributed by atoms with Crippen LogP contribution in [0.1, 0.15) is 26.5 Å². The van der Waals surface area contributed by atoms with Gasteiger partial charge in [-0.05, 0) is 18.2 Å². The van der Waals surface area contributed by atoms with Gasteiger partial charge in [0.2, 0.25) is 0 Å². The molecule has 1 aromatic carbocycles. The van der Waals surface area contributed by atoms with E-state index in [1.165, 1.54) is 0 Å². The van der Waals surface area contributed by atoms with E-state index in [0.717, 1.165) is 28.3 Å². The van der Waals surface area contributed by atoms with Crippen molar-refractivity contribution in [3.8, 4) is 17.1 Å². The number of rotatable bonds is 2. The van der Waals surface area contributed by atoms with Gasteiger partial charge in [0, 0.05) is 23.0 Å². The van der Waals surface area contributed by atoms with Crippen molar-refractivity contribution < 1.29 is 0 Å². The van der Waals surface area contributed by atoms with Crippen molar-refractivity contribution in [2.24, 2.45) is 7.05 Å². The average molecular weight is 400 g/mol. The van der Waals surface area contributed by atoms with Crippen molar-refractivity contribution in [1.82, 2.24) is 24.3 Å². The topological polar surface area (TPSA) is 48.5 Å². The molecule has 138 valence electrons. The van der Waals surface area contributed by atoms with E-state index < -0.39 is 0 Å². The monoisotopic (exact) mass is 399 g/mol. The largest absolute Gasteiger partial charge is 0.280 e. The molecule has 7 heteroatoms. The highest BCUT2D eigenvalue weighted by Gasteiger charge is 2.26. The molecule has 3 heterocycles. The highest BCUT2D eigenvalue weighted by Crippen LogP contribution is 2.34. The van der Waals surface area contributed by atoms with Gasteiger partial charge in [-0.15, -0.1) is 0 Å². The second kappa shape index (κ2) is 6.36. The zero-order chi connectivity index (χ0) is 19.3. The number of halogens is 2. The first-order valence-corrected chi connectivity index (χ1v) is 9.35. The van der Waals surface area contributed by atoms with Gasteiger partial charge in [-0.1, -0.05) is 62.2 Å². The van der Waals surface area contributed by atoms with Gasteiger partial charge >= 0.3 is 0 Å². The van der Waals surface area contributed by atoms with Crippen LogP contribution < -0.4 is 0 Å². The number of benzene rings is 1. The van der Waals surface area contributed by atoms with Crippen molar-refractivity contribution in [1.29, 1.82) is 0 Å². The molecule has 0 amide bonds. The third-order valence-corrected chi connectivity index (χ3v) is 5.14.